The lowest BCUT2D eigenvalue weighted by Crippen LogP contribution is -2.49. The fraction of sp³-hybridized carbons (Fsp3) is 0.275. The number of carbonyl (C=O) groups excluding carboxylic acids is 4. The summed E-state index contributed by atoms with van der Waals surface area (Å²) in [4.78, 5) is 61.5. The Bertz CT molecular complexity index is 2490. The van der Waals surface area contributed by atoms with Gasteiger partial charge in [-0.15, -0.1) is 11.3 Å². The van der Waals surface area contributed by atoms with Gasteiger partial charge in [0.05, 0.1) is 33.7 Å². The molecule has 4 heterocycles. The van der Waals surface area contributed by atoms with Gasteiger partial charge < -0.3 is 5.11 Å². The van der Waals surface area contributed by atoms with Crippen LogP contribution in [0.5, 0.6) is 5.75 Å². The van der Waals surface area contributed by atoms with Gasteiger partial charge in [-0.2, -0.15) is 5.10 Å². The molecule has 2 aliphatic carbocycles. The molecule has 2 saturated heterocycles. The van der Waals surface area contributed by atoms with Crippen LogP contribution >= 0.6 is 46.1 Å². The van der Waals surface area contributed by atoms with E-state index in [1.165, 1.54) is 21.9 Å². The van der Waals surface area contributed by atoms with Crippen LogP contribution < -0.4 is 9.80 Å². The van der Waals surface area contributed by atoms with Gasteiger partial charge in [0.2, 0.25) is 23.6 Å². The molecule has 268 valence electrons. The summed E-state index contributed by atoms with van der Waals surface area (Å²) in [7, 11) is 1.71. The fourth-order valence-electron chi connectivity index (χ4n) is 9.39. The Morgan fingerprint density at radius 2 is 1.60 bits per heavy atom. The number of aryl methyl sites for hydroxylation is 2. The summed E-state index contributed by atoms with van der Waals surface area (Å²) < 4.78 is 2.59. The summed E-state index contributed by atoms with van der Waals surface area (Å²) in [5.41, 5.74) is 2.08. The van der Waals surface area contributed by atoms with Gasteiger partial charge in [-0.25, -0.2) is 4.90 Å². The van der Waals surface area contributed by atoms with Crippen LogP contribution in [0, 0.1) is 36.0 Å². The van der Waals surface area contributed by atoms with E-state index in [0.717, 1.165) is 26.1 Å². The van der Waals surface area contributed by atoms with E-state index >= 15 is 4.79 Å². The predicted molar refractivity (Wildman–Crippen MR) is 205 cm³/mol. The number of rotatable bonds is 4. The summed E-state index contributed by atoms with van der Waals surface area (Å²) in [6.07, 6.45) is 2.44. The van der Waals surface area contributed by atoms with Crippen LogP contribution in [0.3, 0.4) is 0 Å². The van der Waals surface area contributed by atoms with Crippen molar-refractivity contribution in [1.29, 1.82) is 0 Å². The lowest BCUT2D eigenvalue weighted by molar-refractivity contribution is -0.131. The summed E-state index contributed by atoms with van der Waals surface area (Å²) in [6.45, 7) is 3.80. The zero-order chi connectivity index (χ0) is 37.2. The van der Waals surface area contributed by atoms with Crippen LogP contribution in [-0.4, -0.2) is 38.5 Å². The number of halogens is 3. The van der Waals surface area contributed by atoms with Gasteiger partial charge in [-0.05, 0) is 104 Å². The van der Waals surface area contributed by atoms with E-state index < -0.39 is 46.8 Å². The topological polar surface area (TPSA) is 113 Å². The van der Waals surface area contributed by atoms with Crippen LogP contribution in [0.2, 0.25) is 15.1 Å². The van der Waals surface area contributed by atoms with Gasteiger partial charge in [0.15, 0.2) is 0 Å². The van der Waals surface area contributed by atoms with Crippen molar-refractivity contribution >= 4 is 91.4 Å². The molecule has 2 aliphatic heterocycles. The first kappa shape index (κ1) is 34.3. The number of amides is 4. The predicted octanol–water partition coefficient (Wildman–Crippen LogP) is 8.71. The molecule has 0 spiro atoms. The highest BCUT2D eigenvalue weighted by molar-refractivity contribution is 7.22. The number of nitrogens with zero attached hydrogens (tertiary/aromatic N) is 4. The fourth-order valence-corrected chi connectivity index (χ4v) is 11.1. The van der Waals surface area contributed by atoms with E-state index in [1.807, 2.05) is 31.2 Å². The molecule has 5 aromatic rings. The maximum absolute atomic E-state index is 15.1. The van der Waals surface area contributed by atoms with Crippen molar-refractivity contribution in [3.05, 3.63) is 105 Å². The highest BCUT2D eigenvalue weighted by Gasteiger charge is 2.68. The van der Waals surface area contributed by atoms with Crippen molar-refractivity contribution in [3.63, 3.8) is 0 Å². The summed E-state index contributed by atoms with van der Waals surface area (Å²) in [5.74, 6) is -4.66. The molecule has 9 nitrogen and oxygen atoms in total. The Labute approximate surface area is 323 Å². The first-order valence-electron chi connectivity index (χ1n) is 17.2. The van der Waals surface area contributed by atoms with Crippen molar-refractivity contribution < 1.29 is 24.3 Å². The van der Waals surface area contributed by atoms with Gasteiger partial charge in [0.1, 0.15) is 17.3 Å². The Balaban J connectivity index is 1.16. The molecule has 1 saturated carbocycles. The number of hydrogen-bond donors (Lipinski definition) is 1. The number of thiophene rings is 1. The number of aromatic nitrogens is 2. The van der Waals surface area contributed by atoms with Crippen molar-refractivity contribution in [2.24, 2.45) is 36.1 Å². The standard InChI is InChI=1S/C40H31Cl3N4O5S/c1-18-26-14-20(42)6-13-31(26)53-35(18)30-17-32(45(3)44-30)47-37(50)28-16-27-23(34(40(28,2)39(47)52)24-10-9-22(48)15-29(24)43)11-12-25-33(27)38(51)46(36(25)49)21-7-4-19(41)5-8-21/h4-11,13-15,17,25,27-28,33-34,48H,12,16H2,1-3H3/t25-,27+,28-,33-,34+,40+/m0/s1. The molecular formula is C40H31Cl3N4O5S. The van der Waals surface area contributed by atoms with Gasteiger partial charge in [0, 0.05) is 38.8 Å². The van der Waals surface area contributed by atoms with E-state index in [2.05, 4.69) is 0 Å². The number of phenolic OH excluding ortho intramolecular Hbond substituents is 1. The summed E-state index contributed by atoms with van der Waals surface area (Å²) >= 11 is 20.8. The molecule has 3 aromatic carbocycles. The van der Waals surface area contributed by atoms with Gasteiger partial charge in [0.25, 0.3) is 0 Å². The maximum Gasteiger partial charge on any atom is 0.242 e. The number of anilines is 2. The molecule has 4 aliphatic rings. The van der Waals surface area contributed by atoms with E-state index in [9.17, 15) is 19.5 Å². The number of imide groups is 2. The summed E-state index contributed by atoms with van der Waals surface area (Å²) in [5, 5.41) is 17.4. The minimum atomic E-state index is -1.32. The SMILES string of the molecule is Cc1c(-c2cc(N3C(=O)[C@@H]4C[C@@H]5C(=CC[C@@H]6C(=O)N(c7ccc(Cl)cc7)C(=O)[C@@H]65)[C@H](c5ccc(O)cc5Cl)[C@]4(C)C3=O)n(C)n2)sc2ccc(Cl)cc12. The highest BCUT2D eigenvalue weighted by atomic mass is 35.5. The van der Waals surface area contributed by atoms with E-state index in [0.29, 0.717) is 32.8 Å². The lowest BCUT2D eigenvalue weighted by Gasteiger charge is -2.49. The minimum absolute atomic E-state index is 0.0441. The average Bonchev–Trinajstić information content (AvgIpc) is 3.79. The molecule has 53 heavy (non-hydrogen) atoms. The maximum atomic E-state index is 15.1. The molecule has 13 heteroatoms. The quantitative estimate of drug-likeness (QED) is 0.144. The van der Waals surface area contributed by atoms with Crippen LogP contribution in [0.15, 0.2) is 78.4 Å². The van der Waals surface area contributed by atoms with E-state index in [-0.39, 0.29) is 35.4 Å². The van der Waals surface area contributed by atoms with Crippen molar-refractivity contribution in [2.75, 3.05) is 9.80 Å². The van der Waals surface area contributed by atoms with Gasteiger partial charge >= 0.3 is 0 Å². The number of allylic oxidation sites excluding steroid dienone is 2. The summed E-state index contributed by atoms with van der Waals surface area (Å²) in [6, 6.07) is 18.7. The number of hydrogen-bond acceptors (Lipinski definition) is 7. The van der Waals surface area contributed by atoms with Crippen molar-refractivity contribution in [1.82, 2.24) is 9.78 Å². The van der Waals surface area contributed by atoms with Crippen molar-refractivity contribution in [2.45, 2.75) is 32.6 Å². The van der Waals surface area contributed by atoms with Gasteiger partial charge in [-0.1, -0.05) is 52.5 Å². The number of phenols is 1. The molecule has 6 atom stereocenters. The van der Waals surface area contributed by atoms with E-state index in [1.54, 1.807) is 66.4 Å². The number of aromatic hydroxyl groups is 1. The highest BCUT2D eigenvalue weighted by Crippen LogP contribution is 2.64. The van der Waals surface area contributed by atoms with Crippen LogP contribution in [0.4, 0.5) is 11.5 Å². The average molecular weight is 786 g/mol. The Kier molecular flexibility index (Phi) is 7.77. The zero-order valence-electron chi connectivity index (χ0n) is 28.6. The Hall–Kier alpha value is -4.48. The second-order valence-corrected chi connectivity index (χ2v) is 16.9. The Morgan fingerprint density at radius 3 is 2.34 bits per heavy atom. The van der Waals surface area contributed by atoms with Crippen LogP contribution in [0.25, 0.3) is 20.7 Å². The molecule has 1 N–H and O–H groups in total. The molecule has 2 aromatic heterocycles. The third-order valence-corrected chi connectivity index (χ3v) is 14.0. The first-order valence-corrected chi connectivity index (χ1v) is 19.2. The second kappa shape index (κ2) is 12.0. The molecule has 9 rings (SSSR count). The van der Waals surface area contributed by atoms with Crippen LogP contribution in [-0.2, 0) is 26.2 Å². The smallest absolute Gasteiger partial charge is 0.242 e. The zero-order valence-corrected chi connectivity index (χ0v) is 31.7. The van der Waals surface area contributed by atoms with Gasteiger partial charge in [-0.3, -0.25) is 28.8 Å². The Morgan fingerprint density at radius 1 is 0.868 bits per heavy atom. The molecule has 0 bridgehead atoms. The molecule has 3 fully saturated rings. The van der Waals surface area contributed by atoms with Crippen molar-refractivity contribution in [3.8, 4) is 16.3 Å². The molecule has 0 unspecified atom stereocenters. The normalized spacial score (nSPS) is 26.7. The minimum Gasteiger partial charge on any atom is -0.508 e. The lowest BCUT2D eigenvalue weighted by atomic mass is 9.51. The molecular weight excluding hydrogens is 755 g/mol. The third kappa shape index (κ3) is 4.85. The molecule has 4 amide bonds. The second-order valence-electron chi connectivity index (χ2n) is 14.6. The first-order chi connectivity index (χ1) is 25.3. The largest absolute Gasteiger partial charge is 0.508 e. The monoisotopic (exact) mass is 784 g/mol. The third-order valence-electron chi connectivity index (χ3n) is 11.9. The number of carbonyl (C=O) groups is 4. The number of benzene rings is 3. The van der Waals surface area contributed by atoms with E-state index in [4.69, 9.17) is 39.9 Å². The number of fused-ring (bicyclic) bond motifs is 5. The van der Waals surface area contributed by atoms with Crippen LogP contribution in [0.1, 0.15) is 36.8 Å². The molecule has 0 radical (unpaired) electrons.